The number of nitrogens with one attached hydrogen (secondary N) is 1. The Labute approximate surface area is 210 Å². The van der Waals surface area contributed by atoms with E-state index >= 15 is 0 Å². The van der Waals surface area contributed by atoms with Crippen molar-refractivity contribution in [3.05, 3.63) is 84.4 Å². The van der Waals surface area contributed by atoms with Gasteiger partial charge in [0.1, 0.15) is 0 Å². The third-order valence-electron chi connectivity index (χ3n) is 6.69. The molecule has 2 atom stereocenters. The highest BCUT2D eigenvalue weighted by Crippen LogP contribution is 2.31. The van der Waals surface area contributed by atoms with Crippen molar-refractivity contribution >= 4 is 22.9 Å². The Hall–Kier alpha value is -4.06. The number of hydrogen-bond donors (Lipinski definition) is 1. The average molecular weight is 480 g/mol. The summed E-state index contributed by atoms with van der Waals surface area (Å²) in [6, 6.07) is 25.1. The number of fused-ring (bicyclic) bond motifs is 1. The molecule has 0 unspecified atom stereocenters. The molecule has 182 valence electrons. The molecule has 1 heterocycles. The number of hydrogen-bond acceptors (Lipinski definition) is 5. The number of benzene rings is 3. The Morgan fingerprint density at radius 1 is 0.833 bits per heavy atom. The lowest BCUT2D eigenvalue weighted by Crippen LogP contribution is -2.45. The Bertz CT molecular complexity index is 1370. The summed E-state index contributed by atoms with van der Waals surface area (Å²) in [7, 11) is 0. The molecular formula is C30H29N3O3. The van der Waals surface area contributed by atoms with Crippen molar-refractivity contribution < 1.29 is 14.3 Å². The molecule has 5 rings (SSSR count). The Morgan fingerprint density at radius 3 is 2.08 bits per heavy atom. The van der Waals surface area contributed by atoms with Gasteiger partial charge in [0.15, 0.2) is 0 Å². The van der Waals surface area contributed by atoms with Gasteiger partial charge >= 0.3 is 5.97 Å². The third-order valence-corrected chi connectivity index (χ3v) is 6.69. The van der Waals surface area contributed by atoms with E-state index in [1.54, 1.807) is 19.1 Å². The molecule has 6 nitrogen and oxygen atoms in total. The molecule has 36 heavy (non-hydrogen) atoms. The van der Waals surface area contributed by atoms with Crippen molar-refractivity contribution in [3.63, 3.8) is 0 Å². The topological polar surface area (TPSA) is 81.2 Å². The second kappa shape index (κ2) is 10.7. The van der Waals surface area contributed by atoms with Gasteiger partial charge in [-0.2, -0.15) is 0 Å². The number of esters is 1. The molecule has 1 aliphatic rings. The number of ether oxygens (including phenoxy) is 1. The molecule has 1 saturated carbocycles. The molecule has 6 heteroatoms. The monoisotopic (exact) mass is 479 g/mol. The van der Waals surface area contributed by atoms with E-state index in [-0.39, 0.29) is 23.8 Å². The Balaban J connectivity index is 1.49. The first-order chi connectivity index (χ1) is 17.6. The number of nitrogens with zero attached hydrogens (tertiary/aromatic N) is 2. The van der Waals surface area contributed by atoms with Gasteiger partial charge in [-0.3, -0.25) is 9.59 Å². The molecule has 0 spiro atoms. The van der Waals surface area contributed by atoms with Crippen LogP contribution in [0.3, 0.4) is 0 Å². The molecular weight excluding hydrogens is 450 g/mol. The highest BCUT2D eigenvalue weighted by Gasteiger charge is 2.33. The van der Waals surface area contributed by atoms with Crippen LogP contribution in [0.4, 0.5) is 0 Å². The predicted molar refractivity (Wildman–Crippen MR) is 140 cm³/mol. The van der Waals surface area contributed by atoms with E-state index in [9.17, 15) is 9.59 Å². The summed E-state index contributed by atoms with van der Waals surface area (Å²) in [6.07, 6.45) is 3.44. The van der Waals surface area contributed by atoms with Gasteiger partial charge in [0.2, 0.25) is 0 Å². The van der Waals surface area contributed by atoms with Gasteiger partial charge in [-0.25, -0.2) is 9.97 Å². The lowest BCUT2D eigenvalue weighted by molar-refractivity contribution is -0.150. The van der Waals surface area contributed by atoms with E-state index in [4.69, 9.17) is 14.7 Å². The van der Waals surface area contributed by atoms with Crippen molar-refractivity contribution in [2.75, 3.05) is 6.61 Å². The zero-order valence-electron chi connectivity index (χ0n) is 20.3. The maximum Gasteiger partial charge on any atom is 0.311 e. The maximum absolute atomic E-state index is 13.2. The zero-order chi connectivity index (χ0) is 24.9. The smallest absolute Gasteiger partial charge is 0.311 e. The van der Waals surface area contributed by atoms with E-state index in [2.05, 4.69) is 5.32 Å². The number of rotatable bonds is 6. The highest BCUT2D eigenvalue weighted by atomic mass is 16.5. The summed E-state index contributed by atoms with van der Waals surface area (Å²) in [5.41, 5.74) is 5.36. The fourth-order valence-electron chi connectivity index (χ4n) is 4.88. The summed E-state index contributed by atoms with van der Waals surface area (Å²) in [5.74, 6) is -0.748. The summed E-state index contributed by atoms with van der Waals surface area (Å²) < 4.78 is 5.25. The fourth-order valence-corrected chi connectivity index (χ4v) is 4.88. The van der Waals surface area contributed by atoms with Gasteiger partial charge in [0, 0.05) is 22.7 Å². The number of aromatic nitrogens is 2. The Kier molecular flexibility index (Phi) is 7.03. The van der Waals surface area contributed by atoms with Crippen LogP contribution < -0.4 is 5.32 Å². The Morgan fingerprint density at radius 2 is 1.44 bits per heavy atom. The average Bonchev–Trinajstić information content (AvgIpc) is 2.93. The fraction of sp³-hybridized carbons (Fsp3) is 0.267. The van der Waals surface area contributed by atoms with Crippen molar-refractivity contribution in [2.45, 2.75) is 38.6 Å². The lowest BCUT2D eigenvalue weighted by Gasteiger charge is -2.30. The quantitative estimate of drug-likeness (QED) is 0.353. The minimum atomic E-state index is -0.305. The zero-order valence-corrected chi connectivity index (χ0v) is 20.3. The molecule has 1 amide bonds. The first-order valence-electron chi connectivity index (χ1n) is 12.5. The molecule has 0 bridgehead atoms. The predicted octanol–water partition coefficient (Wildman–Crippen LogP) is 5.82. The van der Waals surface area contributed by atoms with Crippen LogP contribution in [-0.2, 0) is 9.53 Å². The first-order valence-corrected chi connectivity index (χ1v) is 12.5. The maximum atomic E-state index is 13.2. The van der Waals surface area contributed by atoms with E-state index in [0.717, 1.165) is 48.2 Å². The summed E-state index contributed by atoms with van der Waals surface area (Å²) in [5, 5.41) is 3.08. The van der Waals surface area contributed by atoms with Crippen molar-refractivity contribution in [1.82, 2.24) is 15.3 Å². The summed E-state index contributed by atoms with van der Waals surface area (Å²) >= 11 is 0. The molecule has 0 radical (unpaired) electrons. The van der Waals surface area contributed by atoms with Gasteiger partial charge in [0.05, 0.1) is 34.9 Å². The molecule has 1 aromatic heterocycles. The van der Waals surface area contributed by atoms with Crippen LogP contribution in [0, 0.1) is 5.92 Å². The molecule has 0 aliphatic heterocycles. The normalized spacial score (nSPS) is 17.5. The molecule has 1 aliphatic carbocycles. The number of amides is 1. The van der Waals surface area contributed by atoms with Crippen molar-refractivity contribution in [3.8, 4) is 22.5 Å². The van der Waals surface area contributed by atoms with E-state index in [0.29, 0.717) is 23.2 Å². The van der Waals surface area contributed by atoms with Gasteiger partial charge < -0.3 is 10.1 Å². The van der Waals surface area contributed by atoms with Gasteiger partial charge in [0.25, 0.3) is 5.91 Å². The van der Waals surface area contributed by atoms with Crippen molar-refractivity contribution in [2.24, 2.45) is 5.92 Å². The van der Waals surface area contributed by atoms with Crippen LogP contribution in [0.1, 0.15) is 43.0 Å². The van der Waals surface area contributed by atoms with Crippen LogP contribution in [-0.4, -0.2) is 34.5 Å². The van der Waals surface area contributed by atoms with E-state index < -0.39 is 0 Å². The lowest BCUT2D eigenvalue weighted by atomic mass is 9.84. The largest absolute Gasteiger partial charge is 0.466 e. The second-order valence-corrected chi connectivity index (χ2v) is 9.08. The van der Waals surface area contributed by atoms with E-state index in [1.807, 2.05) is 66.7 Å². The van der Waals surface area contributed by atoms with Crippen LogP contribution in [0.2, 0.25) is 0 Å². The SMILES string of the molecule is CCOC(=O)[C@@H]1CCCC[C@@H]1NC(=O)c1ccc2nc(-c3ccccc3)c(-c3ccccc3)nc2c1. The van der Waals surface area contributed by atoms with Gasteiger partial charge in [-0.1, -0.05) is 73.5 Å². The van der Waals surface area contributed by atoms with Crippen LogP contribution in [0.25, 0.3) is 33.5 Å². The van der Waals surface area contributed by atoms with Crippen LogP contribution >= 0.6 is 0 Å². The first kappa shape index (κ1) is 23.7. The second-order valence-electron chi connectivity index (χ2n) is 9.08. The minimum Gasteiger partial charge on any atom is -0.466 e. The van der Waals surface area contributed by atoms with Gasteiger partial charge in [-0.05, 0) is 38.0 Å². The van der Waals surface area contributed by atoms with Crippen LogP contribution in [0.5, 0.6) is 0 Å². The van der Waals surface area contributed by atoms with Gasteiger partial charge in [-0.15, -0.1) is 0 Å². The summed E-state index contributed by atoms with van der Waals surface area (Å²) in [6.45, 7) is 2.14. The molecule has 3 aromatic carbocycles. The summed E-state index contributed by atoms with van der Waals surface area (Å²) in [4.78, 5) is 35.5. The molecule has 4 aromatic rings. The van der Waals surface area contributed by atoms with Crippen molar-refractivity contribution in [1.29, 1.82) is 0 Å². The molecule has 1 N–H and O–H groups in total. The third kappa shape index (κ3) is 4.98. The standard InChI is InChI=1S/C30H29N3O3/c1-2-36-30(35)23-15-9-10-16-24(23)33-29(34)22-17-18-25-26(19-22)32-28(21-13-7-4-8-14-21)27(31-25)20-11-5-3-6-12-20/h3-8,11-14,17-19,23-24H,2,9-10,15-16H2,1H3,(H,33,34)/t23-,24+/m1/s1. The molecule has 1 fully saturated rings. The van der Waals surface area contributed by atoms with E-state index in [1.165, 1.54) is 0 Å². The number of carbonyl (C=O) groups excluding carboxylic acids is 2. The van der Waals surface area contributed by atoms with Crippen LogP contribution in [0.15, 0.2) is 78.9 Å². The minimum absolute atomic E-state index is 0.215. The highest BCUT2D eigenvalue weighted by molar-refractivity contribution is 5.98. The number of carbonyl (C=O) groups is 2. The molecule has 0 saturated heterocycles.